The number of hydrazine groups is 1. The number of aromatic amines is 1. The Morgan fingerprint density at radius 1 is 1.00 bits per heavy atom. The number of para-hydroxylation sites is 3. The maximum Gasteiger partial charge on any atom is 0.286 e. The van der Waals surface area contributed by atoms with Crippen molar-refractivity contribution in [2.24, 2.45) is 0 Å². The first-order valence-corrected chi connectivity index (χ1v) is 7.77. The van der Waals surface area contributed by atoms with E-state index in [1.54, 1.807) is 24.3 Å². The minimum Gasteiger partial charge on any atom is -0.485 e. The Hall–Kier alpha value is -3.48. The quantitative estimate of drug-likeness (QED) is 0.622. The van der Waals surface area contributed by atoms with Crippen LogP contribution >= 0.6 is 0 Å². The maximum absolute atomic E-state index is 12.2. The molecule has 1 atom stereocenters. The van der Waals surface area contributed by atoms with E-state index in [1.807, 2.05) is 30.3 Å². The van der Waals surface area contributed by atoms with E-state index >= 15 is 0 Å². The molecule has 1 aliphatic rings. The van der Waals surface area contributed by atoms with E-state index in [2.05, 4.69) is 15.8 Å². The first-order chi connectivity index (χ1) is 12.2. The highest BCUT2D eigenvalue weighted by Crippen LogP contribution is 2.30. The van der Waals surface area contributed by atoms with Crippen molar-refractivity contribution >= 4 is 22.7 Å². The highest BCUT2D eigenvalue weighted by atomic mass is 16.6. The average Bonchev–Trinajstić information content (AvgIpc) is 3.09. The van der Waals surface area contributed by atoms with Gasteiger partial charge in [0.2, 0.25) is 6.10 Å². The van der Waals surface area contributed by atoms with Gasteiger partial charge in [-0.05, 0) is 24.3 Å². The van der Waals surface area contributed by atoms with Gasteiger partial charge < -0.3 is 14.5 Å². The maximum atomic E-state index is 12.2. The first-order valence-electron chi connectivity index (χ1n) is 7.77. The number of carbonyl (C=O) groups is 2. The third-order valence-electron chi connectivity index (χ3n) is 3.87. The summed E-state index contributed by atoms with van der Waals surface area (Å²) >= 11 is 0. The summed E-state index contributed by atoms with van der Waals surface area (Å²) < 4.78 is 11.1. The number of amides is 2. The lowest BCUT2D eigenvalue weighted by Crippen LogP contribution is -2.50. The summed E-state index contributed by atoms with van der Waals surface area (Å²) in [7, 11) is 0. The minimum absolute atomic E-state index is 0.0745. The number of hydrogen-bond donors (Lipinski definition) is 3. The van der Waals surface area contributed by atoms with Crippen molar-refractivity contribution in [3.8, 4) is 11.5 Å². The summed E-state index contributed by atoms with van der Waals surface area (Å²) in [5.74, 6) is 0.158. The fourth-order valence-electron chi connectivity index (χ4n) is 2.61. The SMILES string of the molecule is O=C(NNC(=O)[C@@H]1COc2ccccc2O1)c1cc2ccccc2[nH]1. The van der Waals surface area contributed by atoms with Crippen LogP contribution in [0.4, 0.5) is 0 Å². The molecular formula is C18H15N3O4. The number of ether oxygens (including phenoxy) is 2. The van der Waals surface area contributed by atoms with Crippen LogP contribution in [-0.2, 0) is 4.79 Å². The largest absolute Gasteiger partial charge is 0.485 e. The van der Waals surface area contributed by atoms with Crippen molar-refractivity contribution in [3.05, 3.63) is 60.3 Å². The molecule has 0 saturated heterocycles. The van der Waals surface area contributed by atoms with E-state index in [0.29, 0.717) is 17.2 Å². The van der Waals surface area contributed by atoms with Crippen LogP contribution in [-0.4, -0.2) is 29.5 Å². The molecule has 0 spiro atoms. The van der Waals surface area contributed by atoms with Crippen LogP contribution in [0.2, 0.25) is 0 Å². The summed E-state index contributed by atoms with van der Waals surface area (Å²) in [4.78, 5) is 27.3. The van der Waals surface area contributed by atoms with Gasteiger partial charge in [0.15, 0.2) is 11.5 Å². The molecule has 2 heterocycles. The second-order valence-electron chi connectivity index (χ2n) is 5.58. The second-order valence-corrected chi connectivity index (χ2v) is 5.58. The van der Waals surface area contributed by atoms with Gasteiger partial charge in [0.25, 0.3) is 11.8 Å². The third-order valence-corrected chi connectivity index (χ3v) is 3.87. The molecule has 2 aromatic carbocycles. The molecule has 25 heavy (non-hydrogen) atoms. The number of hydrogen-bond acceptors (Lipinski definition) is 4. The summed E-state index contributed by atoms with van der Waals surface area (Å²) in [6.07, 6.45) is -0.835. The third kappa shape index (κ3) is 2.99. The number of rotatable bonds is 2. The van der Waals surface area contributed by atoms with Crippen molar-refractivity contribution in [1.82, 2.24) is 15.8 Å². The molecule has 2 amide bonds. The van der Waals surface area contributed by atoms with Crippen LogP contribution in [0, 0.1) is 0 Å². The minimum atomic E-state index is -0.835. The molecule has 0 radical (unpaired) electrons. The number of nitrogens with one attached hydrogen (secondary N) is 3. The van der Waals surface area contributed by atoms with Gasteiger partial charge in [0.1, 0.15) is 12.3 Å². The number of benzene rings is 2. The normalized spacial score (nSPS) is 15.6. The highest BCUT2D eigenvalue weighted by Gasteiger charge is 2.27. The predicted octanol–water partition coefficient (Wildman–Crippen LogP) is 1.77. The summed E-state index contributed by atoms with van der Waals surface area (Å²) in [5, 5.41) is 0.916. The smallest absolute Gasteiger partial charge is 0.286 e. The molecule has 7 heteroatoms. The number of carbonyl (C=O) groups excluding carboxylic acids is 2. The first kappa shape index (κ1) is 15.1. The van der Waals surface area contributed by atoms with Crippen molar-refractivity contribution in [1.29, 1.82) is 0 Å². The summed E-state index contributed by atoms with van der Waals surface area (Å²) in [6, 6.07) is 16.3. The molecule has 4 rings (SSSR count). The fourth-order valence-corrected chi connectivity index (χ4v) is 2.61. The zero-order valence-electron chi connectivity index (χ0n) is 13.1. The summed E-state index contributed by atoms with van der Waals surface area (Å²) in [6.45, 7) is 0.0745. The molecule has 0 saturated carbocycles. The van der Waals surface area contributed by atoms with E-state index in [4.69, 9.17) is 9.47 Å². The van der Waals surface area contributed by atoms with Gasteiger partial charge in [-0.1, -0.05) is 30.3 Å². The van der Waals surface area contributed by atoms with Gasteiger partial charge in [-0.15, -0.1) is 0 Å². The van der Waals surface area contributed by atoms with Crippen molar-refractivity contribution < 1.29 is 19.1 Å². The van der Waals surface area contributed by atoms with Crippen LogP contribution in [0.3, 0.4) is 0 Å². The molecule has 1 aliphatic heterocycles. The van der Waals surface area contributed by atoms with E-state index in [-0.39, 0.29) is 6.61 Å². The Labute approximate surface area is 142 Å². The average molecular weight is 337 g/mol. The predicted molar refractivity (Wildman–Crippen MR) is 90.3 cm³/mol. The Morgan fingerprint density at radius 2 is 1.76 bits per heavy atom. The zero-order valence-corrected chi connectivity index (χ0v) is 13.1. The van der Waals surface area contributed by atoms with Crippen molar-refractivity contribution in [3.63, 3.8) is 0 Å². The van der Waals surface area contributed by atoms with Crippen LogP contribution < -0.4 is 20.3 Å². The summed E-state index contributed by atoms with van der Waals surface area (Å²) in [5.41, 5.74) is 5.94. The Morgan fingerprint density at radius 3 is 2.60 bits per heavy atom. The van der Waals surface area contributed by atoms with Crippen LogP contribution in [0.25, 0.3) is 10.9 Å². The van der Waals surface area contributed by atoms with Gasteiger partial charge in [-0.3, -0.25) is 20.4 Å². The molecular weight excluding hydrogens is 322 g/mol. The standard InChI is InChI=1S/C18H15N3O4/c22-17(13-9-11-5-1-2-6-12(11)19-13)20-21-18(23)16-10-24-14-7-3-4-8-15(14)25-16/h1-9,16,19H,10H2,(H,20,22)(H,21,23)/t16-/m0/s1. The molecule has 0 bridgehead atoms. The Balaban J connectivity index is 1.38. The van der Waals surface area contributed by atoms with Crippen molar-refractivity contribution in [2.75, 3.05) is 6.61 Å². The molecule has 3 aromatic rings. The van der Waals surface area contributed by atoms with Crippen LogP contribution in [0.1, 0.15) is 10.5 Å². The lowest BCUT2D eigenvalue weighted by molar-refractivity contribution is -0.131. The molecule has 3 N–H and O–H groups in total. The molecule has 0 aliphatic carbocycles. The number of fused-ring (bicyclic) bond motifs is 2. The van der Waals surface area contributed by atoms with E-state index in [1.165, 1.54) is 0 Å². The number of H-pyrrole nitrogens is 1. The molecule has 0 unspecified atom stereocenters. The second kappa shape index (κ2) is 6.20. The van der Waals surface area contributed by atoms with Gasteiger partial charge in [0.05, 0.1) is 0 Å². The van der Waals surface area contributed by atoms with E-state index in [0.717, 1.165) is 10.9 Å². The highest BCUT2D eigenvalue weighted by molar-refractivity contribution is 5.99. The number of aromatic nitrogens is 1. The van der Waals surface area contributed by atoms with E-state index < -0.39 is 17.9 Å². The van der Waals surface area contributed by atoms with Crippen molar-refractivity contribution in [2.45, 2.75) is 6.10 Å². The zero-order chi connectivity index (χ0) is 17.2. The topological polar surface area (TPSA) is 92.5 Å². The fraction of sp³-hybridized carbons (Fsp3) is 0.111. The monoisotopic (exact) mass is 337 g/mol. The lowest BCUT2D eigenvalue weighted by Gasteiger charge is -2.25. The molecule has 7 nitrogen and oxygen atoms in total. The Kier molecular flexibility index (Phi) is 3.74. The van der Waals surface area contributed by atoms with Crippen LogP contribution in [0.15, 0.2) is 54.6 Å². The van der Waals surface area contributed by atoms with Crippen LogP contribution in [0.5, 0.6) is 11.5 Å². The van der Waals surface area contributed by atoms with Gasteiger partial charge in [-0.25, -0.2) is 0 Å². The molecule has 1 aromatic heterocycles. The van der Waals surface area contributed by atoms with Gasteiger partial charge in [-0.2, -0.15) is 0 Å². The van der Waals surface area contributed by atoms with E-state index in [9.17, 15) is 9.59 Å². The molecule has 126 valence electrons. The Bertz CT molecular complexity index is 917. The lowest BCUT2D eigenvalue weighted by atomic mass is 10.2. The van der Waals surface area contributed by atoms with Gasteiger partial charge in [0, 0.05) is 10.9 Å². The van der Waals surface area contributed by atoms with Gasteiger partial charge >= 0.3 is 0 Å². The molecule has 0 fully saturated rings.